The fraction of sp³-hybridized carbons (Fsp3) is 0.674. The fourth-order valence-electron chi connectivity index (χ4n) is 8.33. The van der Waals surface area contributed by atoms with Crippen LogP contribution in [0, 0.1) is 17.3 Å². The van der Waals surface area contributed by atoms with Gasteiger partial charge in [0.1, 0.15) is 11.6 Å². The third-order valence-corrected chi connectivity index (χ3v) is 11.7. The molecular formula is C46H71Cl4N4O7-. The Kier molecular flexibility index (Phi) is 23.4. The number of aliphatic carboxylic acids is 1. The number of aryl methyl sites for hydroxylation is 2. The number of benzene rings is 2. The molecule has 2 aromatic carbocycles. The van der Waals surface area contributed by atoms with Crippen LogP contribution in [0.4, 0.5) is 11.4 Å². The highest BCUT2D eigenvalue weighted by Gasteiger charge is 2.44. The zero-order valence-electron chi connectivity index (χ0n) is 37.4. The SMILES string of the molecule is CC1(C)CC(OC(=O)CCCc2ccc(N(CCCl)CCCl)cc2)CC(C)(C)N1[O-].O=C(O)CCCc1ccc(N(CCCl)CCCl)cc1.[CH2+]C1(C)CC(O)CC(C)(C)N1[O-]. The molecule has 15 heteroatoms. The maximum absolute atomic E-state index is 12.4. The molecule has 0 bridgehead atoms. The van der Waals surface area contributed by atoms with Crippen LogP contribution in [-0.2, 0) is 27.2 Å². The van der Waals surface area contributed by atoms with Crippen LogP contribution < -0.4 is 9.80 Å². The molecule has 4 rings (SSSR count). The Labute approximate surface area is 386 Å². The predicted molar refractivity (Wildman–Crippen MR) is 254 cm³/mol. The van der Waals surface area contributed by atoms with Gasteiger partial charge in [-0.05, 0) is 116 Å². The first-order chi connectivity index (χ1) is 28.5. The Morgan fingerprint density at radius 1 is 0.672 bits per heavy atom. The van der Waals surface area contributed by atoms with Gasteiger partial charge in [0.05, 0.1) is 13.0 Å². The van der Waals surface area contributed by atoms with Crippen LogP contribution in [-0.4, -0.2) is 116 Å². The third-order valence-electron chi connectivity index (χ3n) is 11.0. The summed E-state index contributed by atoms with van der Waals surface area (Å²) < 4.78 is 5.72. The number of carbonyl (C=O) groups excluding carboxylic acids is 1. The van der Waals surface area contributed by atoms with Crippen molar-refractivity contribution < 1.29 is 24.5 Å². The monoisotopic (exact) mass is 931 g/mol. The number of carboxylic acid groups (broad SMARTS) is 1. The summed E-state index contributed by atoms with van der Waals surface area (Å²) in [7, 11) is 0. The molecule has 0 amide bonds. The summed E-state index contributed by atoms with van der Waals surface area (Å²) in [5.74, 6) is 1.32. The largest absolute Gasteiger partial charge is 0.784 e. The smallest absolute Gasteiger partial charge is 0.306 e. The number of hydrogen-bond acceptors (Lipinski definition) is 10. The average Bonchev–Trinajstić information content (AvgIpc) is 3.16. The van der Waals surface area contributed by atoms with Crippen LogP contribution in [0.15, 0.2) is 48.5 Å². The highest BCUT2D eigenvalue weighted by molar-refractivity contribution is 6.19. The molecule has 2 fully saturated rings. The van der Waals surface area contributed by atoms with Crippen molar-refractivity contribution in [2.24, 2.45) is 0 Å². The second kappa shape index (κ2) is 25.9. The van der Waals surface area contributed by atoms with Gasteiger partial charge in [-0.15, -0.1) is 46.4 Å². The van der Waals surface area contributed by atoms with Gasteiger partial charge in [0.25, 0.3) is 0 Å². The molecule has 346 valence electrons. The lowest BCUT2D eigenvalue weighted by atomic mass is 9.80. The van der Waals surface area contributed by atoms with Gasteiger partial charge in [0, 0.05) is 110 Å². The van der Waals surface area contributed by atoms with Gasteiger partial charge in [-0.2, -0.15) is 0 Å². The minimum Gasteiger partial charge on any atom is -0.784 e. The van der Waals surface area contributed by atoms with Crippen LogP contribution in [0.1, 0.15) is 111 Å². The quantitative estimate of drug-likeness (QED) is 0.0790. The molecule has 2 heterocycles. The van der Waals surface area contributed by atoms with Gasteiger partial charge in [-0.3, -0.25) is 9.59 Å². The van der Waals surface area contributed by atoms with Crippen molar-refractivity contribution in [3.05, 3.63) is 77.0 Å². The van der Waals surface area contributed by atoms with Crippen molar-refractivity contribution in [2.75, 3.05) is 59.5 Å². The molecule has 2 N–H and O–H groups in total. The molecule has 0 radical (unpaired) electrons. The Morgan fingerprint density at radius 2 is 1.05 bits per heavy atom. The van der Waals surface area contributed by atoms with Crippen molar-refractivity contribution in [2.45, 2.75) is 147 Å². The van der Waals surface area contributed by atoms with Crippen LogP contribution >= 0.6 is 46.4 Å². The summed E-state index contributed by atoms with van der Waals surface area (Å²) in [4.78, 5) is 27.1. The summed E-state index contributed by atoms with van der Waals surface area (Å²) in [6.45, 7) is 20.0. The van der Waals surface area contributed by atoms with Crippen molar-refractivity contribution in [1.82, 2.24) is 10.1 Å². The van der Waals surface area contributed by atoms with Gasteiger partial charge in [0.2, 0.25) is 0 Å². The van der Waals surface area contributed by atoms with E-state index in [-0.39, 0.29) is 18.5 Å². The van der Waals surface area contributed by atoms with E-state index in [1.54, 1.807) is 6.92 Å². The second-order valence-electron chi connectivity index (χ2n) is 18.3. The van der Waals surface area contributed by atoms with E-state index in [2.05, 4.69) is 41.0 Å². The number of aliphatic hydroxyl groups excluding tert-OH is 1. The Balaban J connectivity index is 0.000000351. The Hall–Kier alpha value is -2.19. The van der Waals surface area contributed by atoms with Gasteiger partial charge in [-0.25, -0.2) is 0 Å². The summed E-state index contributed by atoms with van der Waals surface area (Å²) in [6.07, 6.45) is 5.12. The normalized spacial score (nSPS) is 21.0. The number of carboxylic acids is 1. The Bertz CT molecular complexity index is 1530. The van der Waals surface area contributed by atoms with E-state index in [0.29, 0.717) is 62.0 Å². The van der Waals surface area contributed by atoms with Crippen LogP contribution in [0.3, 0.4) is 0 Å². The van der Waals surface area contributed by atoms with E-state index >= 15 is 0 Å². The third kappa shape index (κ3) is 18.8. The van der Waals surface area contributed by atoms with Gasteiger partial charge < -0.3 is 45.3 Å². The zero-order valence-corrected chi connectivity index (χ0v) is 40.5. The summed E-state index contributed by atoms with van der Waals surface area (Å²) in [6, 6.07) is 16.5. The Morgan fingerprint density at radius 3 is 1.41 bits per heavy atom. The average molecular weight is 934 g/mol. The van der Waals surface area contributed by atoms with Crippen molar-refractivity contribution >= 4 is 69.7 Å². The van der Waals surface area contributed by atoms with Gasteiger partial charge in [-0.1, -0.05) is 24.3 Å². The number of anilines is 2. The topological polar surface area (TPSA) is 143 Å². The summed E-state index contributed by atoms with van der Waals surface area (Å²) >= 11 is 23.3. The zero-order chi connectivity index (χ0) is 46.0. The molecule has 2 aliphatic rings. The summed E-state index contributed by atoms with van der Waals surface area (Å²) in [5, 5.41) is 44.3. The maximum Gasteiger partial charge on any atom is 0.306 e. The van der Waals surface area contributed by atoms with E-state index in [1.807, 2.05) is 65.8 Å². The number of esters is 1. The van der Waals surface area contributed by atoms with Crippen LogP contribution in [0.5, 0.6) is 0 Å². The number of nitrogens with zero attached hydrogens (tertiary/aromatic N) is 4. The highest BCUT2D eigenvalue weighted by atomic mass is 35.5. The molecule has 61 heavy (non-hydrogen) atoms. The first kappa shape index (κ1) is 54.9. The number of halogens is 4. The molecule has 0 aliphatic carbocycles. The molecule has 2 atom stereocenters. The number of hydroxylamine groups is 4. The molecular weight excluding hydrogens is 862 g/mol. The molecule has 0 aromatic heterocycles. The number of rotatable bonds is 19. The van der Waals surface area contributed by atoms with E-state index in [4.69, 9.17) is 56.2 Å². The first-order valence-electron chi connectivity index (χ1n) is 21.3. The number of carbonyl (C=O) groups is 2. The van der Waals surface area contributed by atoms with Crippen molar-refractivity contribution in [1.29, 1.82) is 0 Å². The van der Waals surface area contributed by atoms with E-state index in [0.717, 1.165) is 72.5 Å². The molecule has 11 nitrogen and oxygen atoms in total. The number of aliphatic hydroxyl groups is 1. The van der Waals surface area contributed by atoms with Crippen LogP contribution in [0.25, 0.3) is 0 Å². The number of ether oxygens (including phenoxy) is 1. The second-order valence-corrected chi connectivity index (χ2v) is 19.8. The molecule has 2 aromatic rings. The standard InChI is InChI=1S/C23H35Cl2N2O3.C14H19Cl2NO2.C9H17NO2/c1-22(2)16-20(17-23(3,4)27(22)29)30-21(28)7-5-6-18-8-10-19(11-9-18)26(14-12-24)15-13-25;15-8-10-17(11-9-16)13-6-4-12(5-7-13)2-1-3-14(18)19;1-8(2)5-7(11)6-9(3,4)10(8)12/h8-11,20H,5-7,12-17H2,1-4H3;4-7H,1-3,8-11H2,(H,18,19);7,11H,1,5-6H2,2-4H3/q-1;;. The van der Waals surface area contributed by atoms with Gasteiger partial charge >= 0.3 is 11.9 Å². The maximum atomic E-state index is 12.4. The van der Waals surface area contributed by atoms with E-state index in [9.17, 15) is 25.1 Å². The summed E-state index contributed by atoms with van der Waals surface area (Å²) in [5.41, 5.74) is 2.31. The molecule has 0 saturated carbocycles. The lowest BCUT2D eigenvalue weighted by molar-refractivity contribution is -0.157. The molecule has 2 saturated heterocycles. The first-order valence-corrected chi connectivity index (χ1v) is 23.5. The number of hydrogen-bond donors (Lipinski definition) is 2. The fourth-order valence-corrected chi connectivity index (χ4v) is 9.14. The minimum absolute atomic E-state index is 0.182. The number of piperidine rings is 2. The minimum atomic E-state index is -0.743. The number of alkyl halides is 4. The lowest BCUT2D eigenvalue weighted by Crippen LogP contribution is -2.59. The van der Waals surface area contributed by atoms with Crippen LogP contribution in [0.2, 0.25) is 0 Å². The molecule has 0 spiro atoms. The van der Waals surface area contributed by atoms with Crippen molar-refractivity contribution in [3.8, 4) is 0 Å². The molecule has 2 aliphatic heterocycles. The lowest BCUT2D eigenvalue weighted by Gasteiger charge is -2.59. The van der Waals surface area contributed by atoms with Crippen molar-refractivity contribution in [3.63, 3.8) is 0 Å². The predicted octanol–water partition coefficient (Wildman–Crippen LogP) is 10.0. The molecule has 2 unspecified atom stereocenters. The van der Waals surface area contributed by atoms with E-state index < -0.39 is 34.2 Å². The highest BCUT2D eigenvalue weighted by Crippen LogP contribution is 2.39. The van der Waals surface area contributed by atoms with E-state index in [1.165, 1.54) is 5.56 Å². The van der Waals surface area contributed by atoms with Gasteiger partial charge in [0.15, 0.2) is 0 Å².